The highest BCUT2D eigenvalue weighted by Crippen LogP contribution is 2.17. The average Bonchev–Trinajstić information content (AvgIpc) is 3.06. The fourth-order valence-corrected chi connectivity index (χ4v) is 4.44. The van der Waals surface area contributed by atoms with Crippen molar-refractivity contribution in [3.8, 4) is 0 Å². The molecule has 0 radical (unpaired) electrons. The minimum absolute atomic E-state index is 0.206. The highest BCUT2D eigenvalue weighted by Gasteiger charge is 2.24. The van der Waals surface area contributed by atoms with Crippen LogP contribution in [-0.2, 0) is 21.3 Å². The molecule has 1 fully saturated rings. The zero-order chi connectivity index (χ0) is 19.2. The quantitative estimate of drug-likeness (QED) is 0.514. The highest BCUT2D eigenvalue weighted by molar-refractivity contribution is 7.89. The second kappa shape index (κ2) is 8.83. The van der Waals surface area contributed by atoms with Crippen LogP contribution in [0.5, 0.6) is 0 Å². The van der Waals surface area contributed by atoms with Crippen molar-refractivity contribution in [1.82, 2.24) is 15.4 Å². The maximum Gasteiger partial charge on any atom is 0.241 e. The van der Waals surface area contributed by atoms with Gasteiger partial charge in [0.05, 0.1) is 11.0 Å². The van der Waals surface area contributed by atoms with Crippen LogP contribution in [-0.4, -0.2) is 46.2 Å². The molecule has 3 N–H and O–H groups in total. The Balaban J connectivity index is 2.02. The van der Waals surface area contributed by atoms with Crippen molar-refractivity contribution >= 4 is 16.0 Å². The van der Waals surface area contributed by atoms with E-state index in [2.05, 4.69) is 20.3 Å². The third-order valence-electron chi connectivity index (χ3n) is 3.89. The van der Waals surface area contributed by atoms with Crippen LogP contribution in [0, 0.1) is 0 Å². The summed E-state index contributed by atoms with van der Waals surface area (Å²) in [7, 11) is -1.91. The molecule has 1 aliphatic heterocycles. The first-order valence-electron chi connectivity index (χ1n) is 8.89. The lowest BCUT2D eigenvalue weighted by Gasteiger charge is -2.22. The van der Waals surface area contributed by atoms with Crippen molar-refractivity contribution < 1.29 is 13.2 Å². The molecular weight excluding hydrogens is 352 g/mol. The molecule has 0 bridgehead atoms. The van der Waals surface area contributed by atoms with Crippen molar-refractivity contribution in [2.45, 2.75) is 56.7 Å². The van der Waals surface area contributed by atoms with E-state index in [9.17, 15) is 8.42 Å². The van der Waals surface area contributed by atoms with Gasteiger partial charge < -0.3 is 15.4 Å². The number of hydrogen-bond acceptors (Lipinski definition) is 4. The number of nitrogens with one attached hydrogen (secondary N) is 3. The predicted molar refractivity (Wildman–Crippen MR) is 104 cm³/mol. The molecule has 0 aromatic heterocycles. The molecule has 1 aliphatic rings. The summed E-state index contributed by atoms with van der Waals surface area (Å²) in [6.07, 6.45) is 2.34. The van der Waals surface area contributed by atoms with E-state index in [1.165, 1.54) is 0 Å². The Bertz CT molecular complexity index is 720. The first-order valence-corrected chi connectivity index (χ1v) is 10.4. The van der Waals surface area contributed by atoms with Gasteiger partial charge in [0, 0.05) is 32.3 Å². The molecule has 0 aliphatic carbocycles. The SMILES string of the molecule is CN=C(NCc1ccccc1S(=O)(=O)NC(C)(C)C)NCC1CCCO1. The van der Waals surface area contributed by atoms with E-state index in [0.29, 0.717) is 24.6 Å². The molecule has 7 nitrogen and oxygen atoms in total. The van der Waals surface area contributed by atoms with Crippen LogP contribution >= 0.6 is 0 Å². The lowest BCUT2D eigenvalue weighted by atomic mass is 10.1. The summed E-state index contributed by atoms with van der Waals surface area (Å²) in [5.74, 6) is 0.622. The largest absolute Gasteiger partial charge is 0.376 e. The number of ether oxygens (including phenoxy) is 1. The van der Waals surface area contributed by atoms with E-state index in [0.717, 1.165) is 19.4 Å². The predicted octanol–water partition coefficient (Wildman–Crippen LogP) is 1.61. The van der Waals surface area contributed by atoms with Gasteiger partial charge in [-0.15, -0.1) is 0 Å². The summed E-state index contributed by atoms with van der Waals surface area (Å²) >= 11 is 0. The lowest BCUT2D eigenvalue weighted by molar-refractivity contribution is 0.114. The van der Waals surface area contributed by atoms with Crippen molar-refractivity contribution in [3.63, 3.8) is 0 Å². The number of aliphatic imine (C=N–C) groups is 1. The summed E-state index contributed by atoms with van der Waals surface area (Å²) in [6, 6.07) is 6.98. The van der Waals surface area contributed by atoms with Gasteiger partial charge in [0.25, 0.3) is 0 Å². The van der Waals surface area contributed by atoms with Gasteiger partial charge in [-0.25, -0.2) is 13.1 Å². The standard InChI is InChI=1S/C18H30N4O3S/c1-18(2,3)22-26(23,24)16-10-6-5-8-14(16)12-20-17(19-4)21-13-15-9-7-11-25-15/h5-6,8,10,15,22H,7,9,11-13H2,1-4H3,(H2,19,20,21). The Morgan fingerprint density at radius 3 is 2.62 bits per heavy atom. The maximum absolute atomic E-state index is 12.7. The zero-order valence-electron chi connectivity index (χ0n) is 16.0. The van der Waals surface area contributed by atoms with E-state index in [1.54, 1.807) is 25.2 Å². The normalized spacial score (nSPS) is 18.8. The van der Waals surface area contributed by atoms with Gasteiger partial charge in [0.15, 0.2) is 5.96 Å². The Labute approximate surface area is 156 Å². The number of nitrogens with zero attached hydrogens (tertiary/aromatic N) is 1. The van der Waals surface area contributed by atoms with Crippen molar-refractivity contribution in [1.29, 1.82) is 0 Å². The lowest BCUT2D eigenvalue weighted by Crippen LogP contribution is -2.42. The minimum Gasteiger partial charge on any atom is -0.376 e. The summed E-state index contributed by atoms with van der Waals surface area (Å²) in [6.45, 7) is 7.31. The molecular formula is C18H30N4O3S. The molecule has 1 unspecified atom stereocenters. The Morgan fingerprint density at radius 2 is 2.00 bits per heavy atom. The summed E-state index contributed by atoms with van der Waals surface area (Å²) in [5, 5.41) is 6.40. The van der Waals surface area contributed by atoms with Gasteiger partial charge >= 0.3 is 0 Å². The third kappa shape index (κ3) is 6.26. The Kier molecular flexibility index (Phi) is 7.02. The molecule has 1 atom stereocenters. The van der Waals surface area contributed by atoms with Gasteiger partial charge in [-0.05, 0) is 45.2 Å². The fourth-order valence-electron chi connectivity index (χ4n) is 2.79. The van der Waals surface area contributed by atoms with E-state index < -0.39 is 15.6 Å². The molecule has 8 heteroatoms. The maximum atomic E-state index is 12.7. The highest BCUT2D eigenvalue weighted by atomic mass is 32.2. The smallest absolute Gasteiger partial charge is 0.241 e. The molecule has 1 heterocycles. The number of hydrogen-bond donors (Lipinski definition) is 3. The fraction of sp³-hybridized carbons (Fsp3) is 0.611. The van der Waals surface area contributed by atoms with Crippen LogP contribution in [0.1, 0.15) is 39.2 Å². The third-order valence-corrected chi connectivity index (χ3v) is 5.75. The van der Waals surface area contributed by atoms with Crippen molar-refractivity contribution in [2.75, 3.05) is 20.2 Å². The van der Waals surface area contributed by atoms with E-state index in [-0.39, 0.29) is 11.0 Å². The van der Waals surface area contributed by atoms with Crippen LogP contribution in [0.3, 0.4) is 0 Å². The molecule has 146 valence electrons. The second-order valence-corrected chi connectivity index (χ2v) is 9.06. The molecule has 1 aromatic carbocycles. The van der Waals surface area contributed by atoms with Crippen molar-refractivity contribution in [3.05, 3.63) is 29.8 Å². The van der Waals surface area contributed by atoms with Crippen LogP contribution in [0.4, 0.5) is 0 Å². The topological polar surface area (TPSA) is 91.8 Å². The van der Waals surface area contributed by atoms with Gasteiger partial charge in [0.2, 0.25) is 10.0 Å². The molecule has 2 rings (SSSR count). The summed E-state index contributed by atoms with van der Waals surface area (Å²) in [5.41, 5.74) is 0.141. The van der Waals surface area contributed by atoms with Crippen LogP contribution in [0.25, 0.3) is 0 Å². The number of rotatable bonds is 6. The summed E-state index contributed by atoms with van der Waals surface area (Å²) in [4.78, 5) is 4.46. The monoisotopic (exact) mass is 382 g/mol. The first-order chi connectivity index (χ1) is 12.2. The van der Waals surface area contributed by atoms with E-state index in [4.69, 9.17) is 4.74 Å². The Morgan fingerprint density at radius 1 is 1.27 bits per heavy atom. The van der Waals surface area contributed by atoms with Gasteiger partial charge in [0.1, 0.15) is 0 Å². The first kappa shape index (κ1) is 20.7. The van der Waals surface area contributed by atoms with Crippen LogP contribution < -0.4 is 15.4 Å². The van der Waals surface area contributed by atoms with Crippen LogP contribution in [0.2, 0.25) is 0 Å². The molecule has 0 spiro atoms. The number of guanidine groups is 1. The van der Waals surface area contributed by atoms with Crippen molar-refractivity contribution in [2.24, 2.45) is 4.99 Å². The minimum atomic E-state index is -3.60. The van der Waals surface area contributed by atoms with Gasteiger partial charge in [-0.2, -0.15) is 0 Å². The average molecular weight is 383 g/mol. The number of benzene rings is 1. The van der Waals surface area contributed by atoms with Crippen LogP contribution in [0.15, 0.2) is 34.2 Å². The van der Waals surface area contributed by atoms with E-state index in [1.807, 2.05) is 26.8 Å². The molecule has 1 saturated heterocycles. The number of sulfonamides is 1. The molecule has 0 amide bonds. The zero-order valence-corrected chi connectivity index (χ0v) is 16.8. The molecule has 1 aromatic rings. The van der Waals surface area contributed by atoms with Gasteiger partial charge in [-0.3, -0.25) is 4.99 Å². The molecule has 0 saturated carbocycles. The van der Waals surface area contributed by atoms with E-state index >= 15 is 0 Å². The summed E-state index contributed by atoms with van der Waals surface area (Å²) < 4.78 is 33.6. The molecule has 26 heavy (non-hydrogen) atoms. The van der Waals surface area contributed by atoms with Gasteiger partial charge in [-0.1, -0.05) is 18.2 Å². The second-order valence-electron chi connectivity index (χ2n) is 7.40. The Hall–Kier alpha value is -1.64.